The monoisotopic (exact) mass is 440 g/mol. The molecule has 0 unspecified atom stereocenters. The molecule has 164 valence electrons. The van der Waals surface area contributed by atoms with Crippen molar-refractivity contribution in [2.75, 3.05) is 54.2 Å². The zero-order chi connectivity index (χ0) is 23.0. The number of urea groups is 1. The van der Waals surface area contributed by atoms with E-state index >= 15 is 0 Å². The molecule has 1 aliphatic heterocycles. The van der Waals surface area contributed by atoms with Crippen LogP contribution in [0, 0.1) is 0 Å². The van der Waals surface area contributed by atoms with Gasteiger partial charge >= 0.3 is 6.03 Å². The van der Waals surface area contributed by atoms with Crippen molar-refractivity contribution in [2.24, 2.45) is 0 Å². The Labute approximate surface area is 174 Å². The zero-order valence-electron chi connectivity index (χ0n) is 17.5. The molecule has 30 heavy (non-hydrogen) atoms. The normalized spacial score (nSPS) is 12.7. The van der Waals surface area contributed by atoms with Gasteiger partial charge in [-0.05, 0) is 6.92 Å². The van der Waals surface area contributed by atoms with Gasteiger partial charge in [-0.3, -0.25) is 24.4 Å². The second kappa shape index (κ2) is 8.18. The van der Waals surface area contributed by atoms with E-state index in [-0.39, 0.29) is 39.6 Å². The molecule has 1 heterocycles. The number of hydrogen-bond acceptors (Lipinski definition) is 7. The number of carbonyl (C=O) groups is 4. The van der Waals surface area contributed by atoms with Crippen molar-refractivity contribution >= 4 is 56.5 Å². The maximum atomic E-state index is 12.6. The summed E-state index contributed by atoms with van der Waals surface area (Å²) in [4.78, 5) is 52.0. The van der Waals surface area contributed by atoms with Gasteiger partial charge in [0.15, 0.2) is 0 Å². The first kappa shape index (κ1) is 22.9. The van der Waals surface area contributed by atoms with Crippen molar-refractivity contribution in [3.05, 3.63) is 11.1 Å². The molecule has 0 spiro atoms. The predicted molar refractivity (Wildman–Crippen MR) is 113 cm³/mol. The zero-order valence-corrected chi connectivity index (χ0v) is 18.3. The lowest BCUT2D eigenvalue weighted by atomic mass is 10.00. The molecule has 0 saturated heterocycles. The van der Waals surface area contributed by atoms with Crippen molar-refractivity contribution in [1.29, 1.82) is 0 Å². The Kier molecular flexibility index (Phi) is 6.25. The van der Waals surface area contributed by atoms with E-state index in [1.807, 2.05) is 0 Å². The smallest absolute Gasteiger partial charge is 0.321 e. The molecule has 1 aromatic carbocycles. The summed E-state index contributed by atoms with van der Waals surface area (Å²) in [5, 5.41) is 7.12. The van der Waals surface area contributed by atoms with Gasteiger partial charge in [-0.1, -0.05) is 0 Å². The van der Waals surface area contributed by atoms with Gasteiger partial charge < -0.3 is 20.4 Å². The number of hydrogen-bond donors (Lipinski definition) is 4. The third-order valence-corrected chi connectivity index (χ3v) is 5.45. The molecule has 1 aromatic rings. The Hall–Kier alpha value is -3.35. The van der Waals surface area contributed by atoms with E-state index in [0.29, 0.717) is 0 Å². The van der Waals surface area contributed by atoms with E-state index < -0.39 is 33.8 Å². The standard InChI is InChI=1S/C17H24N6O6S/c1-7-30(28,29)21-12-11(19-17(27)23(5)6)9-10(16(26)20-15(9)25)14(22(3)4)13(12)18-8(2)24/h21H,7H2,1-6H3,(H,18,24)(H,19,27)(H,20,25,26). The van der Waals surface area contributed by atoms with Gasteiger partial charge in [0.1, 0.15) is 0 Å². The summed E-state index contributed by atoms with van der Waals surface area (Å²) in [6, 6.07) is -0.673. The van der Waals surface area contributed by atoms with E-state index in [4.69, 9.17) is 0 Å². The van der Waals surface area contributed by atoms with E-state index in [1.54, 1.807) is 14.1 Å². The third-order valence-electron chi connectivity index (χ3n) is 4.18. The van der Waals surface area contributed by atoms with Crippen LogP contribution in [-0.4, -0.2) is 71.0 Å². The fourth-order valence-electron chi connectivity index (χ4n) is 2.83. The maximum absolute atomic E-state index is 12.6. The molecule has 0 bridgehead atoms. The highest BCUT2D eigenvalue weighted by molar-refractivity contribution is 7.92. The molecule has 2 rings (SSSR count). The Morgan fingerprint density at radius 3 is 1.97 bits per heavy atom. The number of carbonyl (C=O) groups excluding carboxylic acids is 4. The summed E-state index contributed by atoms with van der Waals surface area (Å²) in [6.07, 6.45) is 0. The third kappa shape index (κ3) is 4.30. The first-order chi connectivity index (χ1) is 13.8. The fourth-order valence-corrected chi connectivity index (χ4v) is 3.49. The summed E-state index contributed by atoms with van der Waals surface area (Å²) >= 11 is 0. The number of nitrogens with one attached hydrogen (secondary N) is 4. The van der Waals surface area contributed by atoms with Crippen LogP contribution in [0.4, 0.5) is 27.5 Å². The summed E-state index contributed by atoms with van der Waals surface area (Å²) in [7, 11) is 2.11. The van der Waals surface area contributed by atoms with Gasteiger partial charge in [0.25, 0.3) is 11.8 Å². The lowest BCUT2D eigenvalue weighted by molar-refractivity contribution is -0.114. The van der Waals surface area contributed by atoms with Crippen LogP contribution in [0.25, 0.3) is 0 Å². The van der Waals surface area contributed by atoms with E-state index in [2.05, 4.69) is 20.7 Å². The summed E-state index contributed by atoms with van der Waals surface area (Å²) in [5.41, 5.74) is -0.723. The number of benzene rings is 1. The highest BCUT2D eigenvalue weighted by atomic mass is 32.2. The van der Waals surface area contributed by atoms with E-state index in [9.17, 15) is 27.6 Å². The van der Waals surface area contributed by atoms with Crippen molar-refractivity contribution in [2.45, 2.75) is 13.8 Å². The SMILES string of the molecule is CCS(=O)(=O)Nc1c(NC(=O)N(C)C)c2c(c(N(C)C)c1NC(C)=O)C(=O)NC2=O. The number of sulfonamides is 1. The highest BCUT2D eigenvalue weighted by Crippen LogP contribution is 2.47. The summed E-state index contributed by atoms with van der Waals surface area (Å²) < 4.78 is 27.1. The van der Waals surface area contributed by atoms with Gasteiger partial charge in [-0.25, -0.2) is 13.2 Å². The van der Waals surface area contributed by atoms with Gasteiger partial charge in [-0.15, -0.1) is 0 Å². The molecular formula is C17H24N6O6S. The molecule has 5 amide bonds. The largest absolute Gasteiger partial charge is 0.375 e. The number of fused-ring (bicyclic) bond motifs is 1. The molecular weight excluding hydrogens is 416 g/mol. The predicted octanol–water partition coefficient (Wildman–Crippen LogP) is 0.450. The number of amides is 5. The minimum atomic E-state index is -3.90. The van der Waals surface area contributed by atoms with Crippen LogP contribution in [0.3, 0.4) is 0 Å². The number of imide groups is 1. The Bertz CT molecular complexity index is 1050. The van der Waals surface area contributed by atoms with Gasteiger partial charge in [0.05, 0.1) is 39.6 Å². The van der Waals surface area contributed by atoms with Crippen LogP contribution in [0.1, 0.15) is 34.6 Å². The number of nitrogens with zero attached hydrogens (tertiary/aromatic N) is 2. The van der Waals surface area contributed by atoms with Gasteiger partial charge in [0.2, 0.25) is 15.9 Å². The van der Waals surface area contributed by atoms with Crippen LogP contribution in [0.2, 0.25) is 0 Å². The Balaban J connectivity index is 3.03. The molecule has 0 saturated carbocycles. The lowest BCUT2D eigenvalue weighted by Gasteiger charge is -2.26. The minimum Gasteiger partial charge on any atom is -0.375 e. The topological polar surface area (TPSA) is 157 Å². The second-order valence-corrected chi connectivity index (χ2v) is 8.92. The molecule has 0 radical (unpaired) electrons. The molecule has 12 nitrogen and oxygen atoms in total. The molecule has 4 N–H and O–H groups in total. The quantitative estimate of drug-likeness (QED) is 0.468. The van der Waals surface area contributed by atoms with Crippen molar-refractivity contribution in [3.8, 4) is 0 Å². The Morgan fingerprint density at radius 1 is 0.933 bits per heavy atom. The summed E-state index contributed by atoms with van der Waals surface area (Å²) in [5.74, 6) is -2.41. The van der Waals surface area contributed by atoms with Gasteiger partial charge in [0, 0.05) is 35.1 Å². The average Bonchev–Trinajstić information content (AvgIpc) is 2.90. The fraction of sp³-hybridized carbons (Fsp3) is 0.412. The maximum Gasteiger partial charge on any atom is 0.321 e. The minimum absolute atomic E-state index is 0.0674. The van der Waals surface area contributed by atoms with Crippen LogP contribution in [-0.2, 0) is 14.8 Å². The highest BCUT2D eigenvalue weighted by Gasteiger charge is 2.39. The second-order valence-electron chi connectivity index (χ2n) is 6.91. The average molecular weight is 440 g/mol. The molecule has 1 aliphatic rings. The molecule has 0 aromatic heterocycles. The van der Waals surface area contributed by atoms with Crippen molar-refractivity contribution in [1.82, 2.24) is 10.2 Å². The van der Waals surface area contributed by atoms with Crippen LogP contribution >= 0.6 is 0 Å². The van der Waals surface area contributed by atoms with E-state index in [1.165, 1.54) is 32.8 Å². The van der Waals surface area contributed by atoms with Crippen molar-refractivity contribution in [3.63, 3.8) is 0 Å². The van der Waals surface area contributed by atoms with Gasteiger partial charge in [-0.2, -0.15) is 0 Å². The molecule has 0 fully saturated rings. The van der Waals surface area contributed by atoms with Crippen LogP contribution < -0.4 is 25.6 Å². The molecule has 0 aliphatic carbocycles. The van der Waals surface area contributed by atoms with Crippen LogP contribution in [0.15, 0.2) is 0 Å². The summed E-state index contributed by atoms with van der Waals surface area (Å²) in [6.45, 7) is 2.60. The van der Waals surface area contributed by atoms with Crippen molar-refractivity contribution < 1.29 is 27.6 Å². The Morgan fingerprint density at radius 2 is 1.50 bits per heavy atom. The number of anilines is 4. The number of rotatable bonds is 6. The van der Waals surface area contributed by atoms with Crippen LogP contribution in [0.5, 0.6) is 0 Å². The lowest BCUT2D eigenvalue weighted by Crippen LogP contribution is -2.30. The van der Waals surface area contributed by atoms with E-state index in [0.717, 1.165) is 4.90 Å². The molecule has 0 atom stereocenters. The first-order valence-corrected chi connectivity index (χ1v) is 10.5. The molecule has 13 heteroatoms. The first-order valence-electron chi connectivity index (χ1n) is 8.84.